The van der Waals surface area contributed by atoms with E-state index >= 15 is 0 Å². The van der Waals surface area contributed by atoms with Crippen LogP contribution in [0, 0.1) is 12.8 Å². The number of hydrogen-bond acceptors (Lipinski definition) is 5. The summed E-state index contributed by atoms with van der Waals surface area (Å²) in [6.07, 6.45) is 5.35. The van der Waals surface area contributed by atoms with Gasteiger partial charge in [0.25, 0.3) is 0 Å². The number of carboxylic acids is 2. The minimum absolute atomic E-state index is 0.814. The summed E-state index contributed by atoms with van der Waals surface area (Å²) in [6, 6.07) is 0. The summed E-state index contributed by atoms with van der Waals surface area (Å²) in [4.78, 5) is 19.8. The molecule has 0 saturated carbocycles. The number of aromatic nitrogens is 1. The highest BCUT2D eigenvalue weighted by Gasteiger charge is 2.37. The van der Waals surface area contributed by atoms with Gasteiger partial charge in [-0.15, -0.1) is 0 Å². The molecule has 20 heavy (non-hydrogen) atoms. The van der Waals surface area contributed by atoms with Gasteiger partial charge in [-0.3, -0.25) is 0 Å². The molecule has 2 N–H and O–H groups in total. The molecule has 0 radical (unpaired) electrons. The van der Waals surface area contributed by atoms with E-state index in [-0.39, 0.29) is 0 Å². The normalized spacial score (nSPS) is 25.4. The van der Waals surface area contributed by atoms with Crippen LogP contribution in [0.1, 0.15) is 17.7 Å². The molecule has 1 aromatic rings. The Kier molecular flexibility index (Phi) is 4.19. The molecule has 2 aliphatic heterocycles. The Morgan fingerprint density at radius 1 is 1.60 bits per heavy atom. The van der Waals surface area contributed by atoms with Gasteiger partial charge >= 0.3 is 5.97 Å². The summed E-state index contributed by atoms with van der Waals surface area (Å²) in [5.41, 5.74) is 2.70. The zero-order valence-electron chi connectivity index (χ0n) is 11.1. The fourth-order valence-corrected chi connectivity index (χ4v) is 2.62. The first-order valence-corrected chi connectivity index (χ1v) is 6.37. The van der Waals surface area contributed by atoms with E-state index in [2.05, 4.69) is 11.2 Å². The SMILES string of the molecule is Cc1cnoc1/C=C1\C[NH+]2CCC1C2.O=C([O-])C(=O)O. The molecule has 0 aromatic carbocycles. The number of nitrogens with one attached hydrogen (secondary N) is 1. The molecule has 2 fully saturated rings. The second kappa shape index (κ2) is 5.87. The van der Waals surface area contributed by atoms with E-state index in [1.54, 1.807) is 16.7 Å². The lowest BCUT2D eigenvalue weighted by molar-refractivity contribution is -0.875. The fourth-order valence-electron chi connectivity index (χ4n) is 2.62. The van der Waals surface area contributed by atoms with E-state index in [0.29, 0.717) is 0 Å². The average molecular weight is 280 g/mol. The van der Waals surface area contributed by atoms with Crippen LogP contribution in [0.3, 0.4) is 0 Å². The summed E-state index contributed by atoms with van der Waals surface area (Å²) in [5.74, 6) is -2.24. The van der Waals surface area contributed by atoms with Crippen molar-refractivity contribution in [3.63, 3.8) is 0 Å². The van der Waals surface area contributed by atoms with E-state index in [1.165, 1.54) is 26.1 Å². The first-order valence-electron chi connectivity index (χ1n) is 6.37. The van der Waals surface area contributed by atoms with Crippen LogP contribution in [0.15, 0.2) is 16.3 Å². The molecule has 7 heteroatoms. The van der Waals surface area contributed by atoms with Crippen molar-refractivity contribution in [2.24, 2.45) is 5.92 Å². The van der Waals surface area contributed by atoms with E-state index in [1.807, 2.05) is 6.92 Å². The predicted octanol–water partition coefficient (Wildman–Crippen LogP) is -1.89. The number of quaternary nitrogens is 1. The molecule has 1 aromatic heterocycles. The smallest absolute Gasteiger partial charge is 0.351 e. The molecule has 0 aliphatic carbocycles. The van der Waals surface area contributed by atoms with Crippen LogP contribution >= 0.6 is 0 Å². The summed E-state index contributed by atoms with van der Waals surface area (Å²) >= 11 is 0. The lowest BCUT2D eigenvalue weighted by Crippen LogP contribution is -3.08. The van der Waals surface area contributed by atoms with Gasteiger partial charge in [-0.05, 0) is 18.6 Å². The number of rotatable bonds is 1. The minimum atomic E-state index is -2.07. The standard InChI is InChI=1S/C11H14N2O.C2H2O4/c1-8-5-12-14-11(8)4-10-7-13-3-2-9(10)6-13;3-1(4)2(5)6/h4-5,9H,2-3,6-7H2,1H3;(H,3,4)(H,5,6)/b10-4+;. The summed E-state index contributed by atoms with van der Waals surface area (Å²) < 4.78 is 5.20. The monoisotopic (exact) mass is 280 g/mol. The summed E-state index contributed by atoms with van der Waals surface area (Å²) in [5, 5.41) is 20.1. The van der Waals surface area contributed by atoms with Gasteiger partial charge in [-0.2, -0.15) is 0 Å². The van der Waals surface area contributed by atoms with Gasteiger partial charge in [0, 0.05) is 17.9 Å². The number of aryl methyl sites for hydroxylation is 1. The number of carbonyl (C=O) groups is 2. The topological polar surface area (TPSA) is 108 Å². The van der Waals surface area contributed by atoms with Crippen molar-refractivity contribution in [2.75, 3.05) is 19.6 Å². The van der Waals surface area contributed by atoms with Gasteiger partial charge in [0.05, 0.1) is 25.8 Å². The van der Waals surface area contributed by atoms with Crippen molar-refractivity contribution >= 4 is 18.0 Å². The zero-order chi connectivity index (χ0) is 14.7. The van der Waals surface area contributed by atoms with Crippen LogP contribution in [0.25, 0.3) is 6.08 Å². The Morgan fingerprint density at radius 2 is 2.30 bits per heavy atom. The quantitative estimate of drug-likeness (QED) is 0.582. The predicted molar refractivity (Wildman–Crippen MR) is 65.5 cm³/mol. The molecule has 2 unspecified atom stereocenters. The number of hydrogen-bond donors (Lipinski definition) is 2. The van der Waals surface area contributed by atoms with Gasteiger partial charge in [0.1, 0.15) is 0 Å². The number of nitrogens with zero attached hydrogens (tertiary/aromatic N) is 1. The number of carboxylic acid groups (broad SMARTS) is 2. The Morgan fingerprint density at radius 3 is 2.70 bits per heavy atom. The van der Waals surface area contributed by atoms with E-state index in [9.17, 15) is 0 Å². The first-order chi connectivity index (χ1) is 9.47. The van der Waals surface area contributed by atoms with Gasteiger partial charge in [-0.1, -0.05) is 5.16 Å². The van der Waals surface area contributed by atoms with E-state index < -0.39 is 11.9 Å². The third-order valence-corrected chi connectivity index (χ3v) is 3.64. The number of aliphatic carboxylic acids is 2. The summed E-state index contributed by atoms with van der Waals surface area (Å²) in [7, 11) is 0. The van der Waals surface area contributed by atoms with Crippen LogP contribution in [-0.4, -0.2) is 41.8 Å². The van der Waals surface area contributed by atoms with Gasteiger partial charge < -0.3 is 24.4 Å². The fraction of sp³-hybridized carbons (Fsp3) is 0.462. The van der Waals surface area contributed by atoms with Crippen LogP contribution < -0.4 is 10.0 Å². The van der Waals surface area contributed by atoms with Crippen molar-refractivity contribution < 1.29 is 29.2 Å². The number of piperidine rings is 1. The van der Waals surface area contributed by atoms with Crippen molar-refractivity contribution in [2.45, 2.75) is 13.3 Å². The lowest BCUT2D eigenvalue weighted by atomic mass is 9.98. The molecule has 2 saturated heterocycles. The molecule has 2 aliphatic rings. The van der Waals surface area contributed by atoms with E-state index in [4.69, 9.17) is 24.3 Å². The zero-order valence-corrected chi connectivity index (χ0v) is 11.1. The largest absolute Gasteiger partial charge is 0.539 e. The third kappa shape index (κ3) is 3.24. The number of fused-ring (bicyclic) bond motifs is 2. The van der Waals surface area contributed by atoms with Gasteiger partial charge in [0.15, 0.2) is 11.7 Å². The molecule has 3 heterocycles. The maximum Gasteiger partial charge on any atom is 0.351 e. The molecule has 0 amide bonds. The second-order valence-electron chi connectivity index (χ2n) is 5.05. The van der Waals surface area contributed by atoms with Crippen molar-refractivity contribution in [1.29, 1.82) is 0 Å². The third-order valence-electron chi connectivity index (χ3n) is 3.64. The van der Waals surface area contributed by atoms with Gasteiger partial charge in [0.2, 0.25) is 0 Å². The maximum absolute atomic E-state index is 9.04. The van der Waals surface area contributed by atoms with Gasteiger partial charge in [-0.25, -0.2) is 4.79 Å². The lowest BCUT2D eigenvalue weighted by Gasteiger charge is -2.10. The Labute approximate surface area is 115 Å². The van der Waals surface area contributed by atoms with Crippen LogP contribution in [0.2, 0.25) is 0 Å². The Hall–Kier alpha value is -2.15. The molecule has 2 bridgehead atoms. The molecule has 7 nitrogen and oxygen atoms in total. The second-order valence-corrected chi connectivity index (χ2v) is 5.05. The van der Waals surface area contributed by atoms with Crippen LogP contribution in [0.5, 0.6) is 0 Å². The van der Waals surface area contributed by atoms with E-state index in [0.717, 1.165) is 17.2 Å². The molecular weight excluding hydrogens is 264 g/mol. The highest BCUT2D eigenvalue weighted by atomic mass is 16.5. The van der Waals surface area contributed by atoms with Crippen molar-refractivity contribution in [1.82, 2.24) is 5.16 Å². The molecule has 3 rings (SSSR count). The number of carbonyl (C=O) groups excluding carboxylic acids is 1. The molecule has 0 spiro atoms. The minimum Gasteiger partial charge on any atom is -0.539 e. The molecule has 2 atom stereocenters. The maximum atomic E-state index is 9.04. The first kappa shape index (κ1) is 14.3. The average Bonchev–Trinajstić information content (AvgIpc) is 3.08. The van der Waals surface area contributed by atoms with Crippen molar-refractivity contribution in [3.05, 3.63) is 23.1 Å². The summed E-state index contributed by atoms with van der Waals surface area (Å²) in [6.45, 7) is 5.95. The van der Waals surface area contributed by atoms with Crippen LogP contribution in [-0.2, 0) is 9.59 Å². The van der Waals surface area contributed by atoms with Crippen LogP contribution in [0.4, 0.5) is 0 Å². The molecular formula is C13H16N2O5. The highest BCUT2D eigenvalue weighted by Crippen LogP contribution is 2.23. The Balaban J connectivity index is 0.000000212. The highest BCUT2D eigenvalue weighted by molar-refractivity contribution is 6.26. The molecule has 108 valence electrons. The Bertz CT molecular complexity index is 537. The van der Waals surface area contributed by atoms with Crippen molar-refractivity contribution in [3.8, 4) is 0 Å².